The molecule has 1 saturated carbocycles. The van der Waals surface area contributed by atoms with Crippen LogP contribution in [-0.4, -0.2) is 22.7 Å². The fraction of sp³-hybridized carbons (Fsp3) is 0.533. The molecule has 1 fully saturated rings. The molecule has 0 amide bonds. The Balaban J connectivity index is 2.16. The first kappa shape index (κ1) is 12.9. The van der Waals surface area contributed by atoms with E-state index in [4.69, 9.17) is 4.84 Å². The number of rotatable bonds is 1. The van der Waals surface area contributed by atoms with Gasteiger partial charge >= 0.3 is 0 Å². The molecular weight excluding hydrogens is 258 g/mol. The lowest BCUT2D eigenvalue weighted by Crippen LogP contribution is -2.39. The molecule has 1 aliphatic heterocycles. The highest BCUT2D eigenvalue weighted by atomic mass is 32.2. The van der Waals surface area contributed by atoms with E-state index in [2.05, 4.69) is 11.2 Å². The van der Waals surface area contributed by atoms with Crippen molar-refractivity contribution in [1.82, 2.24) is 0 Å². The third-order valence-electron chi connectivity index (χ3n) is 4.27. The van der Waals surface area contributed by atoms with Gasteiger partial charge in [-0.15, -0.1) is 11.8 Å². The maximum absolute atomic E-state index is 10.1. The van der Waals surface area contributed by atoms with Crippen LogP contribution in [0.2, 0.25) is 0 Å². The van der Waals surface area contributed by atoms with Gasteiger partial charge < -0.3 is 9.94 Å². The predicted octanol–water partition coefficient (Wildman–Crippen LogP) is 3.78. The van der Waals surface area contributed by atoms with Crippen molar-refractivity contribution in [1.29, 1.82) is 0 Å². The number of nitrogens with zero attached hydrogens (tertiary/aromatic N) is 1. The third-order valence-corrected chi connectivity index (χ3v) is 5.80. The molecule has 1 spiro atoms. The smallest absolute Gasteiger partial charge is 0.122 e. The lowest BCUT2D eigenvalue weighted by molar-refractivity contribution is 0.211. The van der Waals surface area contributed by atoms with Gasteiger partial charge in [0.05, 0.1) is 5.71 Å². The Morgan fingerprint density at radius 1 is 1.37 bits per heavy atom. The van der Waals surface area contributed by atoms with Crippen LogP contribution in [0.25, 0.3) is 0 Å². The zero-order valence-electron chi connectivity index (χ0n) is 11.6. The van der Waals surface area contributed by atoms with Crippen molar-refractivity contribution in [2.24, 2.45) is 5.16 Å². The zero-order chi connectivity index (χ0) is 13.6. The van der Waals surface area contributed by atoms with Crippen molar-refractivity contribution in [2.75, 3.05) is 7.11 Å². The second-order valence-electron chi connectivity index (χ2n) is 5.58. The van der Waals surface area contributed by atoms with Crippen molar-refractivity contribution in [3.8, 4) is 5.75 Å². The standard InChI is InChI=1S/C15H19NO2S/c1-9-7-12-13(10(2)14(9)17)11(16-18-3)8-15(19-12)5-4-6-15/h7,17H,4-6,8H2,1-3H3/b16-11+. The number of aromatic hydroxyl groups is 1. The topological polar surface area (TPSA) is 41.8 Å². The molecule has 4 heteroatoms. The Bertz CT molecular complexity index is 562. The van der Waals surface area contributed by atoms with Crippen LogP contribution in [0.3, 0.4) is 0 Å². The SMILES string of the molecule is CO/N=C1\CC2(CCC2)Sc2cc(C)c(O)c(C)c21. The maximum Gasteiger partial charge on any atom is 0.122 e. The maximum atomic E-state index is 10.1. The van der Waals surface area contributed by atoms with Crippen LogP contribution in [0.4, 0.5) is 0 Å². The molecular formula is C15H19NO2S. The van der Waals surface area contributed by atoms with E-state index in [9.17, 15) is 5.11 Å². The lowest BCUT2D eigenvalue weighted by Gasteiger charge is -2.45. The highest BCUT2D eigenvalue weighted by Gasteiger charge is 2.44. The number of hydrogen-bond donors (Lipinski definition) is 1. The van der Waals surface area contributed by atoms with Gasteiger partial charge in [-0.05, 0) is 38.3 Å². The molecule has 19 heavy (non-hydrogen) atoms. The van der Waals surface area contributed by atoms with Gasteiger partial charge in [-0.3, -0.25) is 0 Å². The van der Waals surface area contributed by atoms with E-state index in [0.717, 1.165) is 28.8 Å². The van der Waals surface area contributed by atoms with Crippen LogP contribution in [0.5, 0.6) is 5.75 Å². The summed E-state index contributed by atoms with van der Waals surface area (Å²) in [6.45, 7) is 3.92. The molecule has 1 N–H and O–H groups in total. The van der Waals surface area contributed by atoms with Gasteiger partial charge in [-0.2, -0.15) is 0 Å². The van der Waals surface area contributed by atoms with Gasteiger partial charge in [0.25, 0.3) is 0 Å². The molecule has 3 rings (SSSR count). The molecule has 0 radical (unpaired) electrons. The minimum absolute atomic E-state index is 0.320. The number of phenolic OH excluding ortho intramolecular Hbond substituents is 1. The van der Waals surface area contributed by atoms with Gasteiger partial charge in [-0.25, -0.2) is 0 Å². The first-order chi connectivity index (χ1) is 9.06. The van der Waals surface area contributed by atoms with Crippen LogP contribution < -0.4 is 0 Å². The average Bonchev–Trinajstić information content (AvgIpc) is 2.34. The van der Waals surface area contributed by atoms with Crippen LogP contribution in [0, 0.1) is 13.8 Å². The summed E-state index contributed by atoms with van der Waals surface area (Å²) in [4.78, 5) is 6.27. The largest absolute Gasteiger partial charge is 0.507 e. The summed E-state index contributed by atoms with van der Waals surface area (Å²) in [6, 6.07) is 2.09. The molecule has 1 heterocycles. The number of hydrogen-bond acceptors (Lipinski definition) is 4. The minimum atomic E-state index is 0.320. The monoisotopic (exact) mass is 277 g/mol. The normalized spacial score (nSPS) is 22.2. The number of oxime groups is 1. The number of thioether (sulfide) groups is 1. The molecule has 0 unspecified atom stereocenters. The quantitative estimate of drug-likeness (QED) is 0.794. The molecule has 0 bridgehead atoms. The van der Waals surface area contributed by atoms with Crippen LogP contribution in [-0.2, 0) is 4.84 Å². The van der Waals surface area contributed by atoms with E-state index in [1.165, 1.54) is 24.2 Å². The van der Waals surface area contributed by atoms with Crippen molar-refractivity contribution in [3.05, 3.63) is 22.8 Å². The van der Waals surface area contributed by atoms with Crippen molar-refractivity contribution in [2.45, 2.75) is 49.2 Å². The Morgan fingerprint density at radius 2 is 2.11 bits per heavy atom. The zero-order valence-corrected chi connectivity index (χ0v) is 12.4. The molecule has 102 valence electrons. The van der Waals surface area contributed by atoms with Gasteiger partial charge in [0, 0.05) is 27.2 Å². The molecule has 0 atom stereocenters. The predicted molar refractivity (Wildman–Crippen MR) is 78.2 cm³/mol. The van der Waals surface area contributed by atoms with Crippen LogP contribution >= 0.6 is 11.8 Å². The van der Waals surface area contributed by atoms with E-state index in [-0.39, 0.29) is 0 Å². The third kappa shape index (κ3) is 1.93. The fourth-order valence-corrected chi connectivity index (χ4v) is 4.85. The second kappa shape index (κ2) is 4.44. The number of fused-ring (bicyclic) bond motifs is 1. The summed E-state index contributed by atoms with van der Waals surface area (Å²) in [5, 5.41) is 14.4. The Labute approximate surface area is 118 Å². The minimum Gasteiger partial charge on any atom is -0.507 e. The molecule has 1 aromatic rings. The first-order valence-electron chi connectivity index (χ1n) is 6.69. The molecule has 1 aromatic carbocycles. The number of aryl methyl sites for hydroxylation is 1. The Morgan fingerprint density at radius 3 is 2.68 bits per heavy atom. The van der Waals surface area contributed by atoms with E-state index in [1.54, 1.807) is 7.11 Å². The van der Waals surface area contributed by atoms with Gasteiger partial charge in [-0.1, -0.05) is 11.6 Å². The Hall–Kier alpha value is -1.16. The highest BCUT2D eigenvalue weighted by Crippen LogP contribution is 2.55. The number of benzene rings is 1. The lowest BCUT2D eigenvalue weighted by atomic mass is 9.78. The van der Waals surface area contributed by atoms with Crippen LogP contribution in [0.15, 0.2) is 16.1 Å². The molecule has 1 aliphatic carbocycles. The van der Waals surface area contributed by atoms with Gasteiger partial charge in [0.15, 0.2) is 0 Å². The van der Waals surface area contributed by atoms with Gasteiger partial charge in [0.2, 0.25) is 0 Å². The summed E-state index contributed by atoms with van der Waals surface area (Å²) in [6.07, 6.45) is 4.75. The van der Waals surface area contributed by atoms with E-state index in [0.29, 0.717) is 10.5 Å². The summed E-state index contributed by atoms with van der Waals surface area (Å²) in [5.74, 6) is 0.382. The summed E-state index contributed by atoms with van der Waals surface area (Å²) in [7, 11) is 1.59. The van der Waals surface area contributed by atoms with Crippen molar-refractivity contribution in [3.63, 3.8) is 0 Å². The van der Waals surface area contributed by atoms with Gasteiger partial charge in [0.1, 0.15) is 12.9 Å². The summed E-state index contributed by atoms with van der Waals surface area (Å²) < 4.78 is 0.320. The fourth-order valence-electron chi connectivity index (χ4n) is 3.08. The van der Waals surface area contributed by atoms with E-state index >= 15 is 0 Å². The molecule has 3 nitrogen and oxygen atoms in total. The van der Waals surface area contributed by atoms with E-state index < -0.39 is 0 Å². The average molecular weight is 277 g/mol. The van der Waals surface area contributed by atoms with Crippen LogP contribution in [0.1, 0.15) is 42.4 Å². The number of phenols is 1. The molecule has 0 saturated heterocycles. The highest BCUT2D eigenvalue weighted by molar-refractivity contribution is 8.01. The molecule has 0 aromatic heterocycles. The summed E-state index contributed by atoms with van der Waals surface area (Å²) >= 11 is 1.97. The van der Waals surface area contributed by atoms with Crippen molar-refractivity contribution >= 4 is 17.5 Å². The molecule has 2 aliphatic rings. The first-order valence-corrected chi connectivity index (χ1v) is 7.50. The summed E-state index contributed by atoms with van der Waals surface area (Å²) in [5.41, 5.74) is 3.93. The Kier molecular flexibility index (Phi) is 3.01. The van der Waals surface area contributed by atoms with E-state index in [1.807, 2.05) is 25.6 Å². The second-order valence-corrected chi connectivity index (χ2v) is 7.09. The van der Waals surface area contributed by atoms with Crippen molar-refractivity contribution < 1.29 is 9.94 Å².